The van der Waals surface area contributed by atoms with Crippen LogP contribution in [0.4, 0.5) is 0 Å². The highest BCUT2D eigenvalue weighted by Crippen LogP contribution is 2.31. The third kappa shape index (κ3) is 95.4. The van der Waals surface area contributed by atoms with Crippen LogP contribution >= 0.6 is 0 Å². The molecule has 0 heterocycles. The van der Waals surface area contributed by atoms with Gasteiger partial charge in [-0.1, -0.05) is 232 Å². The number of unbranched alkanes of at least 4 members (excludes halogenated alkanes) is 2. The summed E-state index contributed by atoms with van der Waals surface area (Å²) in [6.07, 6.45) is 17.8. The number of hydrogen-bond donors (Lipinski definition) is 1. The summed E-state index contributed by atoms with van der Waals surface area (Å²) in [7, 11) is 0. The first-order chi connectivity index (χ1) is 23.0. The van der Waals surface area contributed by atoms with E-state index in [9.17, 15) is 0 Å². The van der Waals surface area contributed by atoms with Crippen LogP contribution in [0.2, 0.25) is 0 Å². The summed E-state index contributed by atoms with van der Waals surface area (Å²) in [4.78, 5) is 4.50. The van der Waals surface area contributed by atoms with Crippen LogP contribution in [0.5, 0.6) is 0 Å². The zero-order valence-electron chi connectivity index (χ0n) is 42.9. The maximum absolute atomic E-state index is 4.50. The van der Waals surface area contributed by atoms with Gasteiger partial charge in [-0.25, -0.2) is 0 Å². The summed E-state index contributed by atoms with van der Waals surface area (Å²) in [5, 5.41) is 3.33. The molecule has 0 spiro atoms. The molecule has 0 rings (SSSR count). The third-order valence-electron chi connectivity index (χ3n) is 7.27. The fourth-order valence-electron chi connectivity index (χ4n) is 5.50. The van der Waals surface area contributed by atoms with Gasteiger partial charge in [0.25, 0.3) is 0 Å². The zero-order chi connectivity index (χ0) is 43.9. The predicted octanol–water partition coefficient (Wildman–Crippen LogP) is 21.3. The molecule has 2 nitrogen and oxygen atoms in total. The molecule has 2 heteroatoms. The second kappa shape index (κ2) is 35.5. The van der Waals surface area contributed by atoms with Crippen LogP contribution in [0.25, 0.3) is 0 Å². The molecule has 1 unspecified atom stereocenters. The summed E-state index contributed by atoms with van der Waals surface area (Å²) in [5.74, 6) is 1.88. The fourth-order valence-corrected chi connectivity index (χ4v) is 5.50. The third-order valence-corrected chi connectivity index (χ3v) is 7.27. The van der Waals surface area contributed by atoms with Gasteiger partial charge in [-0.05, 0) is 119 Å². The lowest BCUT2D eigenvalue weighted by atomic mass is 9.80. The summed E-state index contributed by atoms with van der Waals surface area (Å²) in [6.45, 7) is 64.5. The summed E-state index contributed by atoms with van der Waals surface area (Å²) in [5.41, 5.74) is 4.11. The van der Waals surface area contributed by atoms with Crippen LogP contribution in [0.15, 0.2) is 28.8 Å². The van der Waals surface area contributed by atoms with Crippen molar-refractivity contribution in [3.63, 3.8) is 0 Å². The smallest absolute Gasteiger partial charge is 0.0942 e. The van der Waals surface area contributed by atoms with E-state index in [1.807, 2.05) is 20.8 Å². The van der Waals surface area contributed by atoms with E-state index in [2.05, 4.69) is 209 Å². The zero-order valence-corrected chi connectivity index (χ0v) is 42.9. The largest absolute Gasteiger partial charge is 0.369 e. The molecule has 0 aromatic carbocycles. The Morgan fingerprint density at radius 2 is 0.845 bits per heavy atom. The van der Waals surface area contributed by atoms with Gasteiger partial charge < -0.3 is 5.32 Å². The molecule has 0 aromatic heterocycles. The Balaban J connectivity index is -0.0000000634. The molecule has 0 aliphatic heterocycles. The van der Waals surface area contributed by atoms with Crippen molar-refractivity contribution < 1.29 is 0 Å². The standard InChI is InChI=1S/C13H28.C13H24.C13H28.C10H22N2.C2H6.5CH4/c2*1-11(10-13(5,6)7)8-9-12(2,3)4;1-12(2,3)10-8-7-9-11-13(4,5)6;1-8(11-9(2,3)4)12-10(5,6)7;1-2;;;;;/h11H,8-10H2,1-7H3;8-10H,1-7H3;7-11H2,1-6H3;1-7H3,(H,11,12);1-2H3;5*1H4/b;9-8-,11-10-;;;;;;;;. The molecule has 0 aromatic rings. The maximum atomic E-state index is 4.50. The molecular weight excluding hydrogens is 701 g/mol. The van der Waals surface area contributed by atoms with E-state index in [-0.39, 0.29) is 59.0 Å². The van der Waals surface area contributed by atoms with Crippen molar-refractivity contribution in [3.05, 3.63) is 23.8 Å². The molecule has 0 aliphatic carbocycles. The monoisotopic (exact) mass is 829 g/mol. The van der Waals surface area contributed by atoms with Gasteiger partial charge in [0.05, 0.1) is 11.4 Å². The van der Waals surface area contributed by atoms with E-state index < -0.39 is 0 Å². The van der Waals surface area contributed by atoms with Gasteiger partial charge in [-0.15, -0.1) is 0 Å². The van der Waals surface area contributed by atoms with Crippen LogP contribution in [0.1, 0.15) is 289 Å². The van der Waals surface area contributed by atoms with Gasteiger partial charge in [0.1, 0.15) is 0 Å². The molecule has 0 fully saturated rings. The highest BCUT2D eigenvalue weighted by atomic mass is 15.1. The van der Waals surface area contributed by atoms with Gasteiger partial charge in [0.2, 0.25) is 0 Å². The first-order valence-corrected chi connectivity index (χ1v) is 21.7. The number of aliphatic imine (C=N–C) groups is 1. The Hall–Kier alpha value is -1.05. The number of amidine groups is 1. The molecule has 0 radical (unpaired) electrons. The van der Waals surface area contributed by atoms with Gasteiger partial charge in [-0.3, -0.25) is 4.99 Å². The topological polar surface area (TPSA) is 24.4 Å². The molecule has 58 heavy (non-hydrogen) atoms. The molecule has 0 bridgehead atoms. The van der Waals surface area contributed by atoms with Gasteiger partial charge in [0, 0.05) is 5.54 Å². The van der Waals surface area contributed by atoms with Crippen LogP contribution in [-0.2, 0) is 0 Å². The van der Waals surface area contributed by atoms with Crippen LogP contribution < -0.4 is 5.32 Å². The summed E-state index contributed by atoms with van der Waals surface area (Å²) in [6, 6.07) is 0. The Labute approximate surface area is 377 Å². The van der Waals surface area contributed by atoms with Crippen molar-refractivity contribution in [2.45, 2.75) is 300 Å². The van der Waals surface area contributed by atoms with Crippen LogP contribution in [0, 0.1) is 38.4 Å². The van der Waals surface area contributed by atoms with Crippen LogP contribution in [-0.4, -0.2) is 16.9 Å². The van der Waals surface area contributed by atoms with E-state index in [4.69, 9.17) is 0 Å². The van der Waals surface area contributed by atoms with Crippen molar-refractivity contribution in [1.29, 1.82) is 0 Å². The normalized spacial score (nSPS) is 13.2. The first kappa shape index (κ1) is 80.9. The maximum Gasteiger partial charge on any atom is 0.0942 e. The Morgan fingerprint density at radius 1 is 0.500 bits per heavy atom. The Kier molecular flexibility index (Phi) is 49.6. The molecule has 362 valence electrons. The van der Waals surface area contributed by atoms with E-state index in [0.29, 0.717) is 21.7 Å². The number of nitrogens with one attached hydrogen (secondary N) is 1. The number of nitrogens with zero attached hydrogens (tertiary/aromatic N) is 1. The highest BCUT2D eigenvalue weighted by Gasteiger charge is 2.18. The fraction of sp³-hybridized carbons (Fsp3) is 0.911. The molecule has 0 aliphatic rings. The number of hydrogen-bond acceptors (Lipinski definition) is 1. The van der Waals surface area contributed by atoms with Crippen LogP contribution in [0.3, 0.4) is 0 Å². The summed E-state index contributed by atoms with van der Waals surface area (Å²) < 4.78 is 0. The lowest BCUT2D eigenvalue weighted by Crippen LogP contribution is -2.40. The lowest BCUT2D eigenvalue weighted by Gasteiger charge is -2.26. The van der Waals surface area contributed by atoms with E-state index in [0.717, 1.165) is 11.8 Å². The Bertz CT molecular complexity index is 932. The SMILES string of the molecule is C.C.C.C.C.CC.CC(/C=C\C(C)(C)C)=C/C(C)(C)C.CC(=NC(C)(C)C)NC(C)(C)C.CC(C)(C)CCCCCC(C)(C)C.CC(CCC(C)(C)C)CC(C)(C)C. The lowest BCUT2D eigenvalue weighted by molar-refractivity contribution is 0.260. The number of rotatable bonds is 8. The summed E-state index contributed by atoms with van der Waals surface area (Å²) >= 11 is 0. The van der Waals surface area contributed by atoms with Crippen molar-refractivity contribution in [1.82, 2.24) is 5.32 Å². The Morgan fingerprint density at radius 3 is 1.09 bits per heavy atom. The highest BCUT2D eigenvalue weighted by molar-refractivity contribution is 5.80. The molecule has 1 atom stereocenters. The first-order valence-electron chi connectivity index (χ1n) is 21.7. The van der Waals surface area contributed by atoms with Crippen molar-refractivity contribution in [2.75, 3.05) is 0 Å². The van der Waals surface area contributed by atoms with Gasteiger partial charge in [-0.2, -0.15) is 0 Å². The second-order valence-corrected chi connectivity index (χ2v) is 24.8. The second-order valence-electron chi connectivity index (χ2n) is 24.8. The van der Waals surface area contributed by atoms with E-state index in [1.165, 1.54) is 56.9 Å². The van der Waals surface area contributed by atoms with Crippen molar-refractivity contribution in [3.8, 4) is 0 Å². The average Bonchev–Trinajstić information content (AvgIpc) is 2.82. The van der Waals surface area contributed by atoms with E-state index in [1.54, 1.807) is 0 Å². The predicted molar refractivity (Wildman–Crippen MR) is 286 cm³/mol. The van der Waals surface area contributed by atoms with Gasteiger partial charge >= 0.3 is 0 Å². The molecular formula is C56H128N2. The quantitative estimate of drug-likeness (QED) is 0.112. The molecule has 0 saturated carbocycles. The minimum atomic E-state index is 0. The molecule has 0 amide bonds. The average molecular weight is 830 g/mol. The van der Waals surface area contributed by atoms with Crippen molar-refractivity contribution >= 4 is 5.84 Å². The van der Waals surface area contributed by atoms with Crippen molar-refractivity contribution in [2.24, 2.45) is 43.4 Å². The van der Waals surface area contributed by atoms with E-state index >= 15 is 0 Å². The minimum Gasteiger partial charge on any atom is -0.369 e. The molecule has 1 N–H and O–H groups in total. The van der Waals surface area contributed by atoms with Gasteiger partial charge in [0.15, 0.2) is 0 Å². The number of allylic oxidation sites excluding steroid dienone is 4. The molecule has 0 saturated heterocycles. The minimum absolute atomic E-state index is 0.